The van der Waals surface area contributed by atoms with Gasteiger partial charge in [0.05, 0.1) is 5.69 Å². The second kappa shape index (κ2) is 4.34. The summed E-state index contributed by atoms with van der Waals surface area (Å²) in [4.78, 5) is 7.17. The fourth-order valence-corrected chi connectivity index (χ4v) is 3.77. The van der Waals surface area contributed by atoms with E-state index in [1.807, 2.05) is 11.3 Å². The summed E-state index contributed by atoms with van der Waals surface area (Å²) in [5.74, 6) is 0.850. The van der Waals surface area contributed by atoms with Crippen LogP contribution in [-0.2, 0) is 6.42 Å². The lowest BCUT2D eigenvalue weighted by molar-refractivity contribution is 0.376. The van der Waals surface area contributed by atoms with Crippen LogP contribution in [0.1, 0.15) is 25.5 Å². The minimum atomic E-state index is 0.779. The molecule has 2 unspecified atom stereocenters. The third-order valence-electron chi connectivity index (χ3n) is 3.83. The predicted octanol–water partition coefficient (Wildman–Crippen LogP) is 1.89. The molecule has 1 aromatic heterocycles. The molecule has 4 heteroatoms. The molecule has 3 rings (SSSR count). The molecule has 0 saturated carbocycles. The number of hydrogen-bond donors (Lipinski definition) is 1. The Balaban J connectivity index is 1.71. The van der Waals surface area contributed by atoms with Crippen LogP contribution in [0.2, 0.25) is 0 Å². The molecule has 2 aliphatic rings. The van der Waals surface area contributed by atoms with Gasteiger partial charge < -0.3 is 10.2 Å². The van der Waals surface area contributed by atoms with Crippen molar-refractivity contribution in [1.29, 1.82) is 0 Å². The zero-order chi connectivity index (χ0) is 11.0. The Hall–Kier alpha value is -0.610. The Bertz CT molecular complexity index is 363. The van der Waals surface area contributed by atoms with Gasteiger partial charge in [-0.3, -0.25) is 0 Å². The molecule has 2 fully saturated rings. The number of hydrogen-bond acceptors (Lipinski definition) is 4. The largest absolute Gasteiger partial charge is 0.348 e. The Labute approximate surface area is 101 Å². The van der Waals surface area contributed by atoms with Crippen molar-refractivity contribution >= 4 is 16.5 Å². The van der Waals surface area contributed by atoms with Gasteiger partial charge in [-0.05, 0) is 31.7 Å². The highest BCUT2D eigenvalue weighted by Gasteiger charge is 2.33. The van der Waals surface area contributed by atoms with Gasteiger partial charge in [0.25, 0.3) is 0 Å². The first-order valence-electron chi connectivity index (χ1n) is 6.29. The van der Waals surface area contributed by atoms with E-state index in [-0.39, 0.29) is 0 Å². The van der Waals surface area contributed by atoms with E-state index >= 15 is 0 Å². The monoisotopic (exact) mass is 237 g/mol. The van der Waals surface area contributed by atoms with Gasteiger partial charge >= 0.3 is 0 Å². The normalized spacial score (nSPS) is 29.4. The predicted molar refractivity (Wildman–Crippen MR) is 68.2 cm³/mol. The number of fused-ring (bicyclic) bond motifs is 1. The summed E-state index contributed by atoms with van der Waals surface area (Å²) in [5, 5.41) is 7.04. The molecule has 0 aliphatic carbocycles. The topological polar surface area (TPSA) is 28.2 Å². The highest BCUT2D eigenvalue weighted by Crippen LogP contribution is 2.30. The van der Waals surface area contributed by atoms with Gasteiger partial charge in [-0.15, -0.1) is 11.3 Å². The van der Waals surface area contributed by atoms with Crippen LogP contribution in [-0.4, -0.2) is 30.7 Å². The molecule has 0 bridgehead atoms. The molecule has 3 heterocycles. The molecule has 0 aromatic carbocycles. The third kappa shape index (κ3) is 1.84. The molecule has 16 heavy (non-hydrogen) atoms. The summed E-state index contributed by atoms with van der Waals surface area (Å²) in [6.45, 7) is 5.76. The molecular weight excluding hydrogens is 218 g/mol. The quantitative estimate of drug-likeness (QED) is 0.851. The van der Waals surface area contributed by atoms with E-state index in [0.717, 1.165) is 18.4 Å². The van der Waals surface area contributed by atoms with Gasteiger partial charge in [0.15, 0.2) is 5.13 Å². The van der Waals surface area contributed by atoms with Crippen LogP contribution < -0.4 is 10.2 Å². The van der Waals surface area contributed by atoms with Crippen molar-refractivity contribution in [3.8, 4) is 0 Å². The van der Waals surface area contributed by atoms with Gasteiger partial charge in [0.1, 0.15) is 0 Å². The number of rotatable bonds is 2. The summed E-state index contributed by atoms with van der Waals surface area (Å²) >= 11 is 1.81. The maximum Gasteiger partial charge on any atom is 0.185 e. The lowest BCUT2D eigenvalue weighted by Gasteiger charge is -2.34. The number of anilines is 1. The lowest BCUT2D eigenvalue weighted by atomic mass is 9.94. The number of piperidine rings is 1. The summed E-state index contributed by atoms with van der Waals surface area (Å²) in [5.41, 5.74) is 1.24. The van der Waals surface area contributed by atoms with E-state index in [1.165, 1.54) is 43.3 Å². The molecule has 88 valence electrons. The maximum atomic E-state index is 4.69. The van der Waals surface area contributed by atoms with Crippen LogP contribution in [0.4, 0.5) is 5.13 Å². The van der Waals surface area contributed by atoms with Crippen LogP contribution in [0.25, 0.3) is 0 Å². The first-order valence-corrected chi connectivity index (χ1v) is 7.17. The van der Waals surface area contributed by atoms with Gasteiger partial charge in [-0.2, -0.15) is 0 Å². The van der Waals surface area contributed by atoms with Crippen molar-refractivity contribution < 1.29 is 0 Å². The average Bonchev–Trinajstić information content (AvgIpc) is 2.96. The van der Waals surface area contributed by atoms with Gasteiger partial charge in [-0.25, -0.2) is 4.98 Å². The van der Waals surface area contributed by atoms with Crippen LogP contribution >= 0.6 is 11.3 Å². The maximum absolute atomic E-state index is 4.69. The molecular formula is C12H19N3S. The third-order valence-corrected chi connectivity index (χ3v) is 4.78. The highest BCUT2D eigenvalue weighted by molar-refractivity contribution is 7.13. The number of aromatic nitrogens is 1. The molecule has 1 N–H and O–H groups in total. The summed E-state index contributed by atoms with van der Waals surface area (Å²) in [6, 6.07) is 0.779. The van der Waals surface area contributed by atoms with E-state index in [0.29, 0.717) is 0 Å². The Morgan fingerprint density at radius 3 is 3.31 bits per heavy atom. The zero-order valence-electron chi connectivity index (χ0n) is 9.78. The van der Waals surface area contributed by atoms with Gasteiger partial charge in [0.2, 0.25) is 0 Å². The van der Waals surface area contributed by atoms with Crippen molar-refractivity contribution in [3.63, 3.8) is 0 Å². The lowest BCUT2D eigenvalue weighted by Crippen LogP contribution is -2.44. The van der Waals surface area contributed by atoms with E-state index in [9.17, 15) is 0 Å². The number of nitrogens with one attached hydrogen (secondary N) is 1. The van der Waals surface area contributed by atoms with Crippen molar-refractivity contribution in [2.24, 2.45) is 5.92 Å². The summed E-state index contributed by atoms with van der Waals surface area (Å²) in [6.07, 6.45) is 3.68. The van der Waals surface area contributed by atoms with Crippen molar-refractivity contribution in [1.82, 2.24) is 10.3 Å². The number of thiazole rings is 1. The summed E-state index contributed by atoms with van der Waals surface area (Å²) in [7, 11) is 0. The van der Waals surface area contributed by atoms with E-state index < -0.39 is 0 Å². The van der Waals surface area contributed by atoms with E-state index in [1.54, 1.807) is 0 Å². The van der Waals surface area contributed by atoms with Crippen molar-refractivity contribution in [2.75, 3.05) is 24.5 Å². The number of aryl methyl sites for hydroxylation is 1. The molecule has 0 amide bonds. The second-order valence-electron chi connectivity index (χ2n) is 4.82. The smallest absolute Gasteiger partial charge is 0.185 e. The minimum Gasteiger partial charge on any atom is -0.348 e. The van der Waals surface area contributed by atoms with Crippen LogP contribution in [0.5, 0.6) is 0 Å². The van der Waals surface area contributed by atoms with Crippen molar-refractivity contribution in [3.05, 3.63) is 11.1 Å². The Morgan fingerprint density at radius 1 is 1.56 bits per heavy atom. The van der Waals surface area contributed by atoms with Crippen LogP contribution in [0, 0.1) is 5.92 Å². The first-order chi connectivity index (χ1) is 7.86. The van der Waals surface area contributed by atoms with Gasteiger partial charge in [-0.1, -0.05) is 6.92 Å². The fraction of sp³-hybridized carbons (Fsp3) is 0.750. The van der Waals surface area contributed by atoms with Crippen molar-refractivity contribution in [2.45, 2.75) is 32.2 Å². The standard InChI is InChI=1S/C12H19N3S/c1-2-10-8-16-12(14-10)15-6-4-11-9(7-15)3-5-13-11/h8-9,11,13H,2-7H2,1H3. The summed E-state index contributed by atoms with van der Waals surface area (Å²) < 4.78 is 0. The van der Waals surface area contributed by atoms with Crippen LogP contribution in [0.15, 0.2) is 5.38 Å². The molecule has 1 aromatic rings. The van der Waals surface area contributed by atoms with E-state index in [4.69, 9.17) is 4.98 Å². The minimum absolute atomic E-state index is 0.779. The molecule has 2 aliphatic heterocycles. The molecule has 2 saturated heterocycles. The Morgan fingerprint density at radius 2 is 2.50 bits per heavy atom. The van der Waals surface area contributed by atoms with Crippen LogP contribution in [0.3, 0.4) is 0 Å². The van der Waals surface area contributed by atoms with E-state index in [2.05, 4.69) is 22.5 Å². The highest BCUT2D eigenvalue weighted by atomic mass is 32.1. The fourth-order valence-electron chi connectivity index (χ4n) is 2.83. The average molecular weight is 237 g/mol. The molecule has 2 atom stereocenters. The first kappa shape index (κ1) is 10.5. The Kier molecular flexibility index (Phi) is 2.86. The second-order valence-corrected chi connectivity index (χ2v) is 5.66. The number of nitrogens with zero attached hydrogens (tertiary/aromatic N) is 2. The van der Waals surface area contributed by atoms with Gasteiger partial charge in [0, 0.05) is 24.5 Å². The molecule has 0 spiro atoms. The molecule has 0 radical (unpaired) electrons. The molecule has 3 nitrogen and oxygen atoms in total. The zero-order valence-corrected chi connectivity index (χ0v) is 10.6. The SMILES string of the molecule is CCc1csc(N2CCC3NCCC3C2)n1.